The van der Waals surface area contributed by atoms with Crippen molar-refractivity contribution in [2.75, 3.05) is 0 Å². The van der Waals surface area contributed by atoms with Crippen molar-refractivity contribution in [3.8, 4) is 5.88 Å². The fourth-order valence-electron chi connectivity index (χ4n) is 0.591. The van der Waals surface area contributed by atoms with Gasteiger partial charge in [0.25, 0.3) is 0 Å². The Balaban J connectivity index is 2.69. The number of halogens is 4. The molecule has 1 aromatic rings. The predicted molar refractivity (Wildman–Crippen MR) is 45.3 cm³/mol. The van der Waals surface area contributed by atoms with Gasteiger partial charge in [-0.1, -0.05) is 29.3 Å². The van der Waals surface area contributed by atoms with Gasteiger partial charge in [0.2, 0.25) is 10.7 Å². The largest absolute Gasteiger partial charge is 0.429 e. The maximum absolute atomic E-state index is 12.7. The zero-order valence-corrected chi connectivity index (χ0v) is 7.77. The number of pyridine rings is 1. The second-order valence-corrected chi connectivity index (χ2v) is 3.23. The van der Waals surface area contributed by atoms with Gasteiger partial charge in [0.1, 0.15) is 0 Å². The molecule has 0 bridgehead atoms. The Morgan fingerprint density at radius 1 is 1.38 bits per heavy atom. The normalized spacial score (nSPS) is 11.8. The summed E-state index contributed by atoms with van der Waals surface area (Å²) in [5.41, 5.74) is 0. The molecule has 0 fully saturated rings. The number of nitrogens with zero attached hydrogens (tertiary/aromatic N) is 1. The van der Waals surface area contributed by atoms with E-state index in [2.05, 4.69) is 9.72 Å². The van der Waals surface area contributed by atoms with Crippen molar-refractivity contribution in [1.82, 2.24) is 4.98 Å². The summed E-state index contributed by atoms with van der Waals surface area (Å²) in [5, 5.41) is 0. The van der Waals surface area contributed by atoms with Gasteiger partial charge in [-0.15, -0.1) is 0 Å². The molecule has 72 valence electrons. The Kier molecular flexibility index (Phi) is 3.27. The number of hydrogen-bond donors (Lipinski definition) is 0. The summed E-state index contributed by atoms with van der Waals surface area (Å²) in [6, 6.07) is 4.36. The van der Waals surface area contributed by atoms with E-state index in [0.29, 0.717) is 0 Å². The maximum atomic E-state index is 12.7. The lowest BCUT2D eigenvalue weighted by molar-refractivity contribution is -0.165. The summed E-state index contributed by atoms with van der Waals surface area (Å²) < 4.78 is 29.6. The standard InChI is InChI=1S/C7H5Cl2F2NO/c8-6(9)7(10,11)13-5-3-1-2-4-12-5/h1-4,6H. The Hall–Kier alpha value is -0.610. The van der Waals surface area contributed by atoms with Crippen LogP contribution in [0.3, 0.4) is 0 Å². The molecule has 0 aromatic carbocycles. The van der Waals surface area contributed by atoms with Gasteiger partial charge in [-0.05, 0) is 6.07 Å². The average Bonchev–Trinajstić information content (AvgIpc) is 2.05. The second kappa shape index (κ2) is 4.07. The molecule has 0 N–H and O–H groups in total. The van der Waals surface area contributed by atoms with Crippen molar-refractivity contribution in [2.24, 2.45) is 0 Å². The van der Waals surface area contributed by atoms with Crippen LogP contribution in [0.4, 0.5) is 8.78 Å². The van der Waals surface area contributed by atoms with Gasteiger partial charge >= 0.3 is 6.11 Å². The first-order valence-corrected chi connectivity index (χ1v) is 4.15. The van der Waals surface area contributed by atoms with E-state index in [1.807, 2.05) is 0 Å². The van der Waals surface area contributed by atoms with E-state index in [-0.39, 0.29) is 5.88 Å². The minimum absolute atomic E-state index is 0.223. The summed E-state index contributed by atoms with van der Waals surface area (Å²) in [6.45, 7) is 0. The van der Waals surface area contributed by atoms with Gasteiger partial charge in [0.15, 0.2) is 0 Å². The minimum atomic E-state index is -3.63. The lowest BCUT2D eigenvalue weighted by Gasteiger charge is -2.17. The molecule has 0 unspecified atom stereocenters. The maximum Gasteiger partial charge on any atom is 0.429 e. The highest BCUT2D eigenvalue weighted by Crippen LogP contribution is 2.28. The molecular weight excluding hydrogens is 223 g/mol. The Morgan fingerprint density at radius 2 is 2.08 bits per heavy atom. The molecule has 0 amide bonds. The molecule has 0 atom stereocenters. The second-order valence-electron chi connectivity index (χ2n) is 2.13. The van der Waals surface area contributed by atoms with Crippen LogP contribution in [0.2, 0.25) is 0 Å². The fourth-order valence-corrected chi connectivity index (χ4v) is 0.681. The van der Waals surface area contributed by atoms with Crippen LogP contribution in [-0.4, -0.2) is 15.9 Å². The number of aromatic nitrogens is 1. The Labute approximate surface area is 83.4 Å². The zero-order valence-electron chi connectivity index (χ0n) is 6.25. The highest BCUT2D eigenvalue weighted by atomic mass is 35.5. The molecule has 13 heavy (non-hydrogen) atoms. The summed E-state index contributed by atoms with van der Waals surface area (Å²) >= 11 is 9.96. The lowest BCUT2D eigenvalue weighted by atomic mass is 10.5. The zero-order chi connectivity index (χ0) is 9.90. The summed E-state index contributed by atoms with van der Waals surface area (Å²) in [5.74, 6) is -0.223. The summed E-state index contributed by atoms with van der Waals surface area (Å²) in [6.07, 6.45) is -2.31. The molecule has 0 aliphatic heterocycles. The molecule has 0 aliphatic carbocycles. The van der Waals surface area contributed by atoms with Crippen molar-refractivity contribution >= 4 is 23.2 Å². The van der Waals surface area contributed by atoms with Crippen LogP contribution < -0.4 is 4.74 Å². The molecule has 0 radical (unpaired) electrons. The molecule has 6 heteroatoms. The molecule has 0 aliphatic rings. The van der Waals surface area contributed by atoms with Gasteiger partial charge in [-0.25, -0.2) is 4.98 Å². The molecular formula is C7H5Cl2F2NO. The van der Waals surface area contributed by atoms with Crippen molar-refractivity contribution < 1.29 is 13.5 Å². The van der Waals surface area contributed by atoms with Crippen LogP contribution in [0.5, 0.6) is 5.88 Å². The van der Waals surface area contributed by atoms with Crippen LogP contribution in [0, 0.1) is 0 Å². The van der Waals surface area contributed by atoms with Crippen LogP contribution in [0.1, 0.15) is 0 Å². The SMILES string of the molecule is FC(F)(Oc1ccccn1)C(Cl)Cl. The van der Waals surface area contributed by atoms with Gasteiger partial charge < -0.3 is 4.74 Å². The third kappa shape index (κ3) is 2.97. The van der Waals surface area contributed by atoms with Crippen LogP contribution in [-0.2, 0) is 0 Å². The highest BCUT2D eigenvalue weighted by molar-refractivity contribution is 6.44. The quantitative estimate of drug-likeness (QED) is 0.742. The third-order valence-electron chi connectivity index (χ3n) is 1.13. The van der Waals surface area contributed by atoms with E-state index in [9.17, 15) is 8.78 Å². The number of alkyl halides is 4. The van der Waals surface area contributed by atoms with Gasteiger partial charge in [0.05, 0.1) is 0 Å². The van der Waals surface area contributed by atoms with Gasteiger partial charge in [-0.2, -0.15) is 8.78 Å². The van der Waals surface area contributed by atoms with Crippen molar-refractivity contribution in [3.05, 3.63) is 24.4 Å². The van der Waals surface area contributed by atoms with E-state index < -0.39 is 10.9 Å². The smallest absolute Gasteiger partial charge is 0.413 e. The summed E-state index contributed by atoms with van der Waals surface area (Å²) in [4.78, 5) is 1.61. The van der Waals surface area contributed by atoms with Crippen LogP contribution >= 0.6 is 23.2 Å². The van der Waals surface area contributed by atoms with Crippen molar-refractivity contribution in [1.29, 1.82) is 0 Å². The summed E-state index contributed by atoms with van der Waals surface area (Å²) in [7, 11) is 0. The van der Waals surface area contributed by atoms with E-state index in [1.54, 1.807) is 6.07 Å². The highest BCUT2D eigenvalue weighted by Gasteiger charge is 2.40. The lowest BCUT2D eigenvalue weighted by Crippen LogP contribution is -2.32. The van der Waals surface area contributed by atoms with Crippen LogP contribution in [0.25, 0.3) is 0 Å². The monoisotopic (exact) mass is 227 g/mol. The van der Waals surface area contributed by atoms with E-state index in [0.717, 1.165) is 0 Å². The molecule has 1 heterocycles. The molecule has 0 saturated carbocycles. The molecule has 1 rings (SSSR count). The first-order valence-electron chi connectivity index (χ1n) is 3.28. The van der Waals surface area contributed by atoms with Crippen LogP contribution in [0.15, 0.2) is 24.4 Å². The number of ether oxygens (including phenoxy) is 1. The Bertz CT molecular complexity index is 268. The molecule has 0 saturated heterocycles. The molecule has 0 spiro atoms. The molecule has 1 aromatic heterocycles. The topological polar surface area (TPSA) is 22.1 Å². The first kappa shape index (κ1) is 10.5. The van der Waals surface area contributed by atoms with Crippen molar-refractivity contribution in [3.63, 3.8) is 0 Å². The Morgan fingerprint density at radius 3 is 2.54 bits per heavy atom. The van der Waals surface area contributed by atoms with Crippen molar-refractivity contribution in [2.45, 2.75) is 10.9 Å². The fraction of sp³-hybridized carbons (Fsp3) is 0.286. The first-order chi connectivity index (χ1) is 6.02. The average molecular weight is 228 g/mol. The van der Waals surface area contributed by atoms with E-state index >= 15 is 0 Å². The number of hydrogen-bond acceptors (Lipinski definition) is 2. The van der Waals surface area contributed by atoms with E-state index in [4.69, 9.17) is 23.2 Å². The van der Waals surface area contributed by atoms with Gasteiger partial charge in [0, 0.05) is 12.3 Å². The predicted octanol–water partition coefficient (Wildman–Crippen LogP) is 2.86. The minimum Gasteiger partial charge on any atom is -0.413 e. The number of rotatable bonds is 3. The third-order valence-corrected chi connectivity index (χ3v) is 1.64. The van der Waals surface area contributed by atoms with E-state index in [1.165, 1.54) is 18.3 Å². The van der Waals surface area contributed by atoms with Gasteiger partial charge in [-0.3, -0.25) is 0 Å². The molecule has 2 nitrogen and oxygen atoms in total.